The quantitative estimate of drug-likeness (QED) is 0.748. The molecule has 0 atom stereocenters. The van der Waals surface area contributed by atoms with E-state index in [1.165, 1.54) is 54.5 Å². The Hall–Kier alpha value is -1.83. The predicted molar refractivity (Wildman–Crippen MR) is 104 cm³/mol. The van der Waals surface area contributed by atoms with Crippen LogP contribution in [0.2, 0.25) is 0 Å². The van der Waals surface area contributed by atoms with E-state index in [0.29, 0.717) is 5.92 Å². The van der Waals surface area contributed by atoms with Crippen molar-refractivity contribution in [3.8, 4) is 0 Å². The van der Waals surface area contributed by atoms with E-state index in [0.717, 1.165) is 23.9 Å². The van der Waals surface area contributed by atoms with Crippen LogP contribution >= 0.6 is 0 Å². The monoisotopic (exact) mass is 322 g/mol. The van der Waals surface area contributed by atoms with Crippen LogP contribution in [-0.2, 0) is 0 Å². The molecule has 1 aromatic rings. The van der Waals surface area contributed by atoms with Gasteiger partial charge in [-0.3, -0.25) is 0 Å². The zero-order valence-electron chi connectivity index (χ0n) is 15.4. The van der Waals surface area contributed by atoms with Gasteiger partial charge >= 0.3 is 0 Å². The Kier molecular flexibility index (Phi) is 5.23. The van der Waals surface area contributed by atoms with E-state index >= 15 is 0 Å². The highest BCUT2D eigenvalue weighted by Gasteiger charge is 2.23. The largest absolute Gasteiger partial charge is 0.347 e. The van der Waals surface area contributed by atoms with Gasteiger partial charge in [-0.15, -0.1) is 0 Å². The average molecular weight is 322 g/mol. The molecule has 2 heteroatoms. The Morgan fingerprint density at radius 3 is 2.62 bits per heavy atom. The first-order valence-electron chi connectivity index (χ1n) is 9.38. The molecule has 1 heterocycles. The second kappa shape index (κ2) is 7.38. The molecular formula is C22H30N2. The number of nitrogens with zero attached hydrogens (tertiary/aromatic N) is 1. The minimum absolute atomic E-state index is 0.612. The molecule has 0 bridgehead atoms. The molecule has 0 spiro atoms. The first-order chi connectivity index (χ1) is 11.6. The van der Waals surface area contributed by atoms with Gasteiger partial charge in [-0.2, -0.15) is 0 Å². The molecular weight excluding hydrogens is 292 g/mol. The molecule has 2 aliphatic rings. The van der Waals surface area contributed by atoms with E-state index in [9.17, 15) is 0 Å². The second-order valence-electron chi connectivity index (χ2n) is 7.45. The first-order valence-corrected chi connectivity index (χ1v) is 9.38. The molecule has 0 radical (unpaired) electrons. The van der Waals surface area contributed by atoms with Gasteiger partial charge in [0.15, 0.2) is 0 Å². The molecule has 0 unspecified atom stereocenters. The van der Waals surface area contributed by atoms with E-state index in [1.54, 1.807) is 0 Å². The van der Waals surface area contributed by atoms with Crippen LogP contribution in [0.25, 0.3) is 5.70 Å². The molecule has 128 valence electrons. The highest BCUT2D eigenvalue weighted by molar-refractivity contribution is 5.95. The topological polar surface area (TPSA) is 24.4 Å². The Balaban J connectivity index is 1.60. The van der Waals surface area contributed by atoms with Gasteiger partial charge in [-0.25, -0.2) is 4.99 Å². The summed E-state index contributed by atoms with van der Waals surface area (Å²) in [6.45, 7) is 10.9. The van der Waals surface area contributed by atoms with Crippen LogP contribution in [0.4, 0.5) is 0 Å². The molecule has 1 saturated carbocycles. The van der Waals surface area contributed by atoms with Gasteiger partial charge in [0.1, 0.15) is 5.84 Å². The van der Waals surface area contributed by atoms with Crippen molar-refractivity contribution >= 4 is 11.5 Å². The highest BCUT2D eigenvalue weighted by Crippen LogP contribution is 2.33. The van der Waals surface area contributed by atoms with E-state index in [1.807, 2.05) is 0 Å². The Morgan fingerprint density at radius 1 is 1.21 bits per heavy atom. The first kappa shape index (κ1) is 17.0. The summed E-state index contributed by atoms with van der Waals surface area (Å²) in [4.78, 5) is 4.82. The third kappa shape index (κ3) is 3.80. The summed E-state index contributed by atoms with van der Waals surface area (Å²) in [7, 11) is 0. The van der Waals surface area contributed by atoms with Crippen LogP contribution in [0, 0.1) is 25.7 Å². The number of aryl methyl sites for hydroxylation is 2. The van der Waals surface area contributed by atoms with Crippen LogP contribution in [-0.4, -0.2) is 5.84 Å². The van der Waals surface area contributed by atoms with Crippen molar-refractivity contribution < 1.29 is 0 Å². The van der Waals surface area contributed by atoms with Gasteiger partial charge in [0.2, 0.25) is 0 Å². The second-order valence-corrected chi connectivity index (χ2v) is 7.45. The SMILES string of the molecule is C=C(NC1=NC(c2ccc(C)cc2C)=CC1)C1CCC(CC)CC1. The molecule has 0 amide bonds. The number of rotatable bonds is 4. The van der Waals surface area contributed by atoms with E-state index in [-0.39, 0.29) is 0 Å². The van der Waals surface area contributed by atoms with Gasteiger partial charge in [-0.05, 0) is 56.9 Å². The van der Waals surface area contributed by atoms with Crippen molar-refractivity contribution in [3.63, 3.8) is 0 Å². The standard InChI is InChI=1S/C22H30N2/c1-5-18-7-9-19(10-8-18)17(4)23-22-13-12-21(24-22)20-11-6-15(2)14-16(20)3/h6,11-12,14,18-19H,4-5,7-10,13H2,1-3H3,(H,23,24). The van der Waals surface area contributed by atoms with Gasteiger partial charge in [0.25, 0.3) is 0 Å². The Bertz CT molecular complexity index is 673. The van der Waals surface area contributed by atoms with E-state index in [4.69, 9.17) is 4.99 Å². The Morgan fingerprint density at radius 2 is 1.96 bits per heavy atom. The Labute approximate surface area is 146 Å². The fourth-order valence-corrected chi connectivity index (χ4v) is 3.99. The smallest absolute Gasteiger partial charge is 0.110 e. The minimum Gasteiger partial charge on any atom is -0.347 e. The van der Waals surface area contributed by atoms with Crippen LogP contribution in [0.5, 0.6) is 0 Å². The maximum Gasteiger partial charge on any atom is 0.110 e. The molecule has 1 aliphatic carbocycles. The molecule has 24 heavy (non-hydrogen) atoms. The van der Waals surface area contributed by atoms with Crippen LogP contribution in [0.15, 0.2) is 41.5 Å². The maximum absolute atomic E-state index is 4.82. The van der Waals surface area contributed by atoms with Crippen molar-refractivity contribution in [3.05, 3.63) is 53.2 Å². The minimum atomic E-state index is 0.612. The third-order valence-corrected chi connectivity index (χ3v) is 5.62. The van der Waals surface area contributed by atoms with Crippen LogP contribution in [0.3, 0.4) is 0 Å². The van der Waals surface area contributed by atoms with Crippen molar-refractivity contribution in [2.24, 2.45) is 16.8 Å². The van der Waals surface area contributed by atoms with Crippen LogP contribution in [0.1, 0.15) is 62.1 Å². The zero-order valence-corrected chi connectivity index (χ0v) is 15.4. The number of allylic oxidation sites excluding steroid dienone is 1. The normalized spacial score (nSPS) is 23.6. The molecule has 0 saturated heterocycles. The van der Waals surface area contributed by atoms with E-state index in [2.05, 4.69) is 56.9 Å². The summed E-state index contributed by atoms with van der Waals surface area (Å²) < 4.78 is 0. The van der Waals surface area contributed by atoms with Crippen molar-refractivity contribution in [1.82, 2.24) is 5.32 Å². The molecule has 3 rings (SSSR count). The summed E-state index contributed by atoms with van der Waals surface area (Å²) in [6, 6.07) is 6.57. The fourth-order valence-electron chi connectivity index (χ4n) is 3.99. The molecule has 1 aliphatic heterocycles. The van der Waals surface area contributed by atoms with E-state index < -0.39 is 0 Å². The zero-order chi connectivity index (χ0) is 17.1. The van der Waals surface area contributed by atoms with Gasteiger partial charge in [0.05, 0.1) is 5.70 Å². The third-order valence-electron chi connectivity index (χ3n) is 5.62. The molecule has 1 N–H and O–H groups in total. The summed E-state index contributed by atoms with van der Waals surface area (Å²) >= 11 is 0. The molecule has 0 aromatic heterocycles. The number of hydrogen-bond acceptors (Lipinski definition) is 2. The summed E-state index contributed by atoms with van der Waals surface area (Å²) in [5.74, 6) is 2.59. The average Bonchev–Trinajstić information content (AvgIpc) is 3.03. The lowest BCUT2D eigenvalue weighted by Crippen LogP contribution is -2.27. The fraction of sp³-hybridized carbons (Fsp3) is 0.500. The molecule has 1 aromatic carbocycles. The highest BCUT2D eigenvalue weighted by atomic mass is 15.0. The van der Waals surface area contributed by atoms with Gasteiger partial charge in [-0.1, -0.05) is 49.8 Å². The number of nitrogens with one attached hydrogen (secondary N) is 1. The van der Waals surface area contributed by atoms with Crippen molar-refractivity contribution in [2.45, 2.75) is 59.3 Å². The van der Waals surface area contributed by atoms with Crippen molar-refractivity contribution in [1.29, 1.82) is 0 Å². The lowest BCUT2D eigenvalue weighted by Gasteiger charge is -2.29. The molecule has 2 nitrogen and oxygen atoms in total. The summed E-state index contributed by atoms with van der Waals surface area (Å²) in [6.07, 6.45) is 9.67. The number of aliphatic imine (C=N–C) groups is 1. The molecule has 1 fully saturated rings. The van der Waals surface area contributed by atoms with Gasteiger partial charge in [0, 0.05) is 17.7 Å². The maximum atomic E-state index is 4.82. The predicted octanol–water partition coefficient (Wildman–Crippen LogP) is 5.77. The number of hydrogen-bond donors (Lipinski definition) is 1. The lowest BCUT2D eigenvalue weighted by atomic mass is 9.79. The number of benzene rings is 1. The lowest BCUT2D eigenvalue weighted by molar-refractivity contribution is 0.291. The van der Waals surface area contributed by atoms with Crippen molar-refractivity contribution in [2.75, 3.05) is 0 Å². The van der Waals surface area contributed by atoms with Gasteiger partial charge < -0.3 is 5.32 Å². The summed E-state index contributed by atoms with van der Waals surface area (Å²) in [5.41, 5.74) is 6.10. The number of amidine groups is 1. The summed E-state index contributed by atoms with van der Waals surface area (Å²) in [5, 5.41) is 3.52. The van der Waals surface area contributed by atoms with Crippen LogP contribution < -0.4 is 5.32 Å².